The van der Waals surface area contributed by atoms with Gasteiger partial charge in [-0.25, -0.2) is 12.8 Å². The van der Waals surface area contributed by atoms with Crippen LogP contribution < -0.4 is 14.4 Å². The molecule has 0 heterocycles. The van der Waals surface area contributed by atoms with Crippen molar-refractivity contribution in [2.75, 3.05) is 23.7 Å². The van der Waals surface area contributed by atoms with Gasteiger partial charge >= 0.3 is 0 Å². The average Bonchev–Trinajstić information content (AvgIpc) is 2.91. The van der Waals surface area contributed by atoms with Crippen molar-refractivity contribution in [3.8, 4) is 5.75 Å². The molecule has 4 aromatic carbocycles. The topological polar surface area (TPSA) is 75.7 Å². The number of hydrogen-bond donors (Lipinski definition) is 1. The normalized spacial score (nSPS) is 11.1. The SMILES string of the molecule is CS(=O)(=O)N(Cc1ccc(C(=O)NCCOc2ccc(F)cc2)cc1)c1ccccc1Sc1ccccc1. The number of carbonyl (C=O) groups excluding carboxylic acids is 1. The van der Waals surface area contributed by atoms with E-state index < -0.39 is 10.0 Å². The van der Waals surface area contributed by atoms with Crippen LogP contribution in [0.2, 0.25) is 0 Å². The van der Waals surface area contributed by atoms with Gasteiger partial charge in [0, 0.05) is 15.4 Å². The van der Waals surface area contributed by atoms with E-state index in [9.17, 15) is 17.6 Å². The standard InChI is InChI=1S/C29H27FN2O4S2/c1-38(34,35)32(27-9-5-6-10-28(27)37-26-7-3-2-4-8-26)21-22-11-13-23(14-12-22)29(33)31-19-20-36-25-17-15-24(30)16-18-25/h2-18H,19-21H2,1H3,(H,31,33). The molecule has 4 aromatic rings. The maximum atomic E-state index is 13.0. The maximum Gasteiger partial charge on any atom is 0.251 e. The molecule has 0 unspecified atom stereocenters. The van der Waals surface area contributed by atoms with E-state index in [4.69, 9.17) is 4.74 Å². The zero-order chi connectivity index (χ0) is 27.0. The minimum atomic E-state index is -3.59. The first-order chi connectivity index (χ1) is 18.3. The van der Waals surface area contributed by atoms with Crippen molar-refractivity contribution in [3.05, 3.63) is 120 Å². The van der Waals surface area contributed by atoms with Crippen molar-refractivity contribution in [1.82, 2.24) is 5.32 Å². The molecule has 4 rings (SSSR count). The fourth-order valence-electron chi connectivity index (χ4n) is 3.64. The van der Waals surface area contributed by atoms with E-state index in [0.29, 0.717) is 17.0 Å². The smallest absolute Gasteiger partial charge is 0.251 e. The Kier molecular flexibility index (Phi) is 9.04. The molecule has 38 heavy (non-hydrogen) atoms. The Labute approximate surface area is 226 Å². The van der Waals surface area contributed by atoms with Gasteiger partial charge in [-0.2, -0.15) is 0 Å². The van der Waals surface area contributed by atoms with Gasteiger partial charge in [0.15, 0.2) is 0 Å². The second-order valence-electron chi connectivity index (χ2n) is 8.41. The van der Waals surface area contributed by atoms with Crippen LogP contribution in [-0.4, -0.2) is 33.7 Å². The molecule has 0 atom stereocenters. The number of benzene rings is 4. The lowest BCUT2D eigenvalue weighted by molar-refractivity contribution is 0.0947. The third-order valence-electron chi connectivity index (χ3n) is 5.52. The number of hydrogen-bond acceptors (Lipinski definition) is 5. The Balaban J connectivity index is 1.40. The summed E-state index contributed by atoms with van der Waals surface area (Å²) in [7, 11) is -3.59. The zero-order valence-electron chi connectivity index (χ0n) is 20.7. The van der Waals surface area contributed by atoms with E-state index in [2.05, 4.69) is 5.32 Å². The van der Waals surface area contributed by atoms with E-state index >= 15 is 0 Å². The van der Waals surface area contributed by atoms with Crippen LogP contribution in [0.3, 0.4) is 0 Å². The molecule has 0 aliphatic carbocycles. The van der Waals surface area contributed by atoms with Gasteiger partial charge in [-0.15, -0.1) is 0 Å². The average molecular weight is 551 g/mol. The predicted octanol–water partition coefficient (Wildman–Crippen LogP) is 5.75. The highest BCUT2D eigenvalue weighted by molar-refractivity contribution is 7.99. The minimum absolute atomic E-state index is 0.124. The van der Waals surface area contributed by atoms with Crippen LogP contribution in [-0.2, 0) is 16.6 Å². The molecule has 0 spiro atoms. The molecule has 0 aliphatic rings. The van der Waals surface area contributed by atoms with E-state index in [1.807, 2.05) is 48.5 Å². The lowest BCUT2D eigenvalue weighted by Gasteiger charge is -2.25. The number of anilines is 1. The van der Waals surface area contributed by atoms with Crippen LogP contribution in [0.5, 0.6) is 5.75 Å². The van der Waals surface area contributed by atoms with Crippen LogP contribution >= 0.6 is 11.8 Å². The summed E-state index contributed by atoms with van der Waals surface area (Å²) >= 11 is 1.50. The van der Waals surface area contributed by atoms with Gasteiger partial charge in [0.1, 0.15) is 18.2 Å². The van der Waals surface area contributed by atoms with Gasteiger partial charge in [-0.3, -0.25) is 9.10 Å². The summed E-state index contributed by atoms with van der Waals surface area (Å²) in [6.45, 7) is 0.632. The maximum absolute atomic E-state index is 13.0. The van der Waals surface area contributed by atoms with Gasteiger partial charge in [0.2, 0.25) is 10.0 Å². The molecule has 0 radical (unpaired) electrons. The number of ether oxygens (including phenoxy) is 1. The first-order valence-electron chi connectivity index (χ1n) is 11.8. The second kappa shape index (κ2) is 12.6. The monoisotopic (exact) mass is 550 g/mol. The molecule has 9 heteroatoms. The molecular weight excluding hydrogens is 523 g/mol. The number of amides is 1. The van der Waals surface area contributed by atoms with E-state index in [-0.39, 0.29) is 31.4 Å². The van der Waals surface area contributed by atoms with Gasteiger partial charge < -0.3 is 10.1 Å². The molecule has 0 fully saturated rings. The summed E-state index contributed by atoms with van der Waals surface area (Å²) < 4.78 is 45.4. The molecular formula is C29H27FN2O4S2. The van der Waals surface area contributed by atoms with Crippen molar-refractivity contribution in [2.45, 2.75) is 16.3 Å². The fraction of sp³-hybridized carbons (Fsp3) is 0.138. The third-order valence-corrected chi connectivity index (χ3v) is 7.72. The molecule has 0 bridgehead atoms. The number of para-hydroxylation sites is 1. The predicted molar refractivity (Wildman–Crippen MR) is 149 cm³/mol. The number of rotatable bonds is 11. The summed E-state index contributed by atoms with van der Waals surface area (Å²) in [5, 5.41) is 2.77. The Hall–Kier alpha value is -3.82. The number of nitrogens with zero attached hydrogens (tertiary/aromatic N) is 1. The molecule has 0 aliphatic heterocycles. The van der Waals surface area contributed by atoms with Crippen LogP contribution in [0.4, 0.5) is 10.1 Å². The molecule has 6 nitrogen and oxygen atoms in total. The Morgan fingerprint density at radius 3 is 2.24 bits per heavy atom. The van der Waals surface area contributed by atoms with E-state index in [0.717, 1.165) is 15.4 Å². The summed E-state index contributed by atoms with van der Waals surface area (Å²) in [6, 6.07) is 29.6. The van der Waals surface area contributed by atoms with Gasteiger partial charge in [0.05, 0.1) is 25.0 Å². The Morgan fingerprint density at radius 1 is 0.895 bits per heavy atom. The van der Waals surface area contributed by atoms with Gasteiger partial charge in [-0.05, 0) is 66.2 Å². The van der Waals surface area contributed by atoms with Gasteiger partial charge in [0.25, 0.3) is 5.91 Å². The van der Waals surface area contributed by atoms with E-state index in [1.54, 1.807) is 30.3 Å². The molecule has 196 valence electrons. The molecule has 0 aromatic heterocycles. The zero-order valence-corrected chi connectivity index (χ0v) is 22.3. The van der Waals surface area contributed by atoms with Crippen LogP contribution in [0.1, 0.15) is 15.9 Å². The molecule has 0 saturated heterocycles. The first-order valence-corrected chi connectivity index (χ1v) is 14.5. The number of halogens is 1. The number of sulfonamides is 1. The fourth-order valence-corrected chi connectivity index (χ4v) is 5.57. The Bertz CT molecular complexity index is 1460. The highest BCUT2D eigenvalue weighted by Crippen LogP contribution is 2.36. The van der Waals surface area contributed by atoms with Crippen LogP contribution in [0, 0.1) is 5.82 Å². The summed E-state index contributed by atoms with van der Waals surface area (Å²) in [6.07, 6.45) is 1.19. The summed E-state index contributed by atoms with van der Waals surface area (Å²) in [4.78, 5) is 14.3. The minimum Gasteiger partial charge on any atom is -0.492 e. The largest absolute Gasteiger partial charge is 0.492 e. The first kappa shape index (κ1) is 27.2. The van der Waals surface area contributed by atoms with Gasteiger partial charge in [-0.1, -0.05) is 54.2 Å². The van der Waals surface area contributed by atoms with Crippen molar-refractivity contribution < 1.29 is 22.3 Å². The van der Waals surface area contributed by atoms with E-state index in [1.165, 1.54) is 46.6 Å². The molecule has 1 N–H and O–H groups in total. The lowest BCUT2D eigenvalue weighted by Crippen LogP contribution is -2.30. The number of nitrogens with one attached hydrogen (secondary N) is 1. The Morgan fingerprint density at radius 2 is 1.55 bits per heavy atom. The van der Waals surface area contributed by atoms with Crippen LogP contribution in [0.15, 0.2) is 113 Å². The highest BCUT2D eigenvalue weighted by Gasteiger charge is 2.21. The third kappa shape index (κ3) is 7.60. The molecule has 1 amide bonds. The quantitative estimate of drug-likeness (QED) is 0.241. The van der Waals surface area contributed by atoms with Crippen molar-refractivity contribution >= 4 is 33.4 Å². The van der Waals surface area contributed by atoms with Crippen molar-refractivity contribution in [1.29, 1.82) is 0 Å². The van der Waals surface area contributed by atoms with Crippen molar-refractivity contribution in [2.24, 2.45) is 0 Å². The second-order valence-corrected chi connectivity index (χ2v) is 11.4. The van der Waals surface area contributed by atoms with Crippen molar-refractivity contribution in [3.63, 3.8) is 0 Å². The summed E-state index contributed by atoms with van der Waals surface area (Å²) in [5.41, 5.74) is 1.78. The number of carbonyl (C=O) groups is 1. The lowest BCUT2D eigenvalue weighted by atomic mass is 10.1. The highest BCUT2D eigenvalue weighted by atomic mass is 32.2. The summed E-state index contributed by atoms with van der Waals surface area (Å²) in [5.74, 6) is -0.1000. The molecule has 0 saturated carbocycles. The van der Waals surface area contributed by atoms with Crippen LogP contribution in [0.25, 0.3) is 0 Å².